The number of carboxylic acid groups (broad SMARTS) is 1. The van der Waals surface area contributed by atoms with Crippen molar-refractivity contribution in [3.8, 4) is 0 Å². The summed E-state index contributed by atoms with van der Waals surface area (Å²) in [5, 5.41) is 13.6. The van der Waals surface area contributed by atoms with Gasteiger partial charge in [0.2, 0.25) is 0 Å². The minimum atomic E-state index is -0.744. The summed E-state index contributed by atoms with van der Waals surface area (Å²) < 4.78 is 0. The van der Waals surface area contributed by atoms with Crippen molar-refractivity contribution in [1.29, 1.82) is 0 Å². The normalized spacial score (nSPS) is 23.6. The highest BCUT2D eigenvalue weighted by atomic mass is 16.4. The van der Waals surface area contributed by atoms with Crippen molar-refractivity contribution in [1.82, 2.24) is 20.3 Å². The number of fused-ring (bicyclic) bond motifs is 1. The van der Waals surface area contributed by atoms with Crippen LogP contribution in [0.5, 0.6) is 0 Å². The number of nitrogens with zero attached hydrogens (tertiary/aromatic N) is 2. The molecule has 100 valence electrons. The van der Waals surface area contributed by atoms with Crippen LogP contribution in [0.15, 0.2) is 12.5 Å². The van der Waals surface area contributed by atoms with Gasteiger partial charge in [-0.05, 0) is 25.5 Å². The maximum Gasteiger partial charge on any atom is 0.307 e. The van der Waals surface area contributed by atoms with Gasteiger partial charge in [0.1, 0.15) is 12.0 Å². The van der Waals surface area contributed by atoms with E-state index in [9.17, 15) is 9.90 Å². The fourth-order valence-electron chi connectivity index (χ4n) is 2.87. The van der Waals surface area contributed by atoms with Crippen LogP contribution in [0, 0.1) is 12.8 Å². The standard InChI is InChI=1S/C13H16N4O2/c1-7-4-15-12-10(7)11(16-6-17-12)9-5-14-3-2-8(9)13(18)19/h4,6,8-9,14H,2-3,5H2,1H3,(H,18,19)(H,15,16,17). The Balaban J connectivity index is 2.11. The zero-order valence-electron chi connectivity index (χ0n) is 10.7. The average Bonchev–Trinajstić information content (AvgIpc) is 2.81. The topological polar surface area (TPSA) is 90.9 Å². The second-order valence-corrected chi connectivity index (χ2v) is 5.00. The number of carboxylic acids is 1. The first-order valence-electron chi connectivity index (χ1n) is 6.40. The molecule has 1 aliphatic rings. The van der Waals surface area contributed by atoms with Crippen molar-refractivity contribution in [3.05, 3.63) is 23.8 Å². The second-order valence-electron chi connectivity index (χ2n) is 5.00. The monoisotopic (exact) mass is 260 g/mol. The molecular weight excluding hydrogens is 244 g/mol. The van der Waals surface area contributed by atoms with Gasteiger partial charge in [-0.15, -0.1) is 0 Å². The smallest absolute Gasteiger partial charge is 0.307 e. The van der Waals surface area contributed by atoms with E-state index in [0.717, 1.165) is 28.8 Å². The highest BCUT2D eigenvalue weighted by Gasteiger charge is 2.34. The Labute approximate surface area is 110 Å². The fraction of sp³-hybridized carbons (Fsp3) is 0.462. The predicted octanol–water partition coefficient (Wildman–Crippen LogP) is 1.04. The first-order valence-corrected chi connectivity index (χ1v) is 6.40. The van der Waals surface area contributed by atoms with Crippen molar-refractivity contribution in [2.75, 3.05) is 13.1 Å². The third kappa shape index (κ3) is 1.98. The van der Waals surface area contributed by atoms with E-state index in [1.54, 1.807) is 0 Å². The van der Waals surface area contributed by atoms with Crippen LogP contribution in [0.2, 0.25) is 0 Å². The number of H-pyrrole nitrogens is 1. The zero-order chi connectivity index (χ0) is 13.4. The second kappa shape index (κ2) is 4.62. The molecule has 2 aromatic heterocycles. The molecule has 2 unspecified atom stereocenters. The molecule has 3 heterocycles. The predicted molar refractivity (Wildman–Crippen MR) is 70.0 cm³/mol. The van der Waals surface area contributed by atoms with E-state index in [0.29, 0.717) is 13.0 Å². The van der Waals surface area contributed by atoms with Crippen LogP contribution < -0.4 is 5.32 Å². The number of hydrogen-bond donors (Lipinski definition) is 3. The highest BCUT2D eigenvalue weighted by Crippen LogP contribution is 2.33. The Kier molecular flexibility index (Phi) is 2.94. The minimum absolute atomic E-state index is 0.105. The Hall–Kier alpha value is -1.95. The third-order valence-electron chi connectivity index (χ3n) is 3.85. The summed E-state index contributed by atoms with van der Waals surface area (Å²) in [4.78, 5) is 23.1. The van der Waals surface area contributed by atoms with E-state index < -0.39 is 5.97 Å². The first-order chi connectivity index (χ1) is 9.18. The lowest BCUT2D eigenvalue weighted by Gasteiger charge is -2.29. The molecule has 3 rings (SSSR count). The number of aromatic nitrogens is 3. The average molecular weight is 260 g/mol. The lowest BCUT2D eigenvalue weighted by atomic mass is 9.83. The number of piperidine rings is 1. The molecule has 1 aliphatic heterocycles. The summed E-state index contributed by atoms with van der Waals surface area (Å²) in [6.45, 7) is 3.37. The molecule has 0 aliphatic carbocycles. The van der Waals surface area contributed by atoms with Gasteiger partial charge in [-0.25, -0.2) is 9.97 Å². The quantitative estimate of drug-likeness (QED) is 0.750. The molecule has 2 aromatic rings. The zero-order valence-corrected chi connectivity index (χ0v) is 10.7. The SMILES string of the molecule is Cc1c[nH]c2ncnc(C3CNCCC3C(=O)O)c12. The molecule has 0 saturated carbocycles. The Morgan fingerprint density at radius 1 is 1.47 bits per heavy atom. The van der Waals surface area contributed by atoms with Gasteiger partial charge in [0.15, 0.2) is 0 Å². The van der Waals surface area contributed by atoms with Crippen LogP contribution in [0.1, 0.15) is 23.6 Å². The molecule has 1 saturated heterocycles. The number of rotatable bonds is 2. The van der Waals surface area contributed by atoms with E-state index in [2.05, 4.69) is 20.3 Å². The number of aromatic amines is 1. The van der Waals surface area contributed by atoms with Gasteiger partial charge >= 0.3 is 5.97 Å². The van der Waals surface area contributed by atoms with E-state index in [4.69, 9.17) is 0 Å². The van der Waals surface area contributed by atoms with Crippen LogP contribution >= 0.6 is 0 Å². The number of hydrogen-bond acceptors (Lipinski definition) is 4. The number of aliphatic carboxylic acids is 1. The van der Waals surface area contributed by atoms with Crippen LogP contribution in [0.25, 0.3) is 11.0 Å². The van der Waals surface area contributed by atoms with Gasteiger partial charge in [0.05, 0.1) is 11.6 Å². The molecule has 0 radical (unpaired) electrons. The highest BCUT2D eigenvalue weighted by molar-refractivity contribution is 5.83. The lowest BCUT2D eigenvalue weighted by molar-refractivity contribution is -0.143. The molecule has 0 aromatic carbocycles. The van der Waals surface area contributed by atoms with Gasteiger partial charge in [-0.2, -0.15) is 0 Å². The van der Waals surface area contributed by atoms with Gasteiger partial charge < -0.3 is 15.4 Å². The van der Waals surface area contributed by atoms with Crippen molar-refractivity contribution in [3.63, 3.8) is 0 Å². The van der Waals surface area contributed by atoms with Crippen LogP contribution in [0.3, 0.4) is 0 Å². The number of nitrogens with one attached hydrogen (secondary N) is 2. The van der Waals surface area contributed by atoms with Crippen molar-refractivity contribution in [2.24, 2.45) is 5.92 Å². The molecule has 1 fully saturated rings. The van der Waals surface area contributed by atoms with Crippen LogP contribution in [-0.2, 0) is 4.79 Å². The summed E-state index contributed by atoms with van der Waals surface area (Å²) in [5.74, 6) is -1.23. The van der Waals surface area contributed by atoms with Crippen molar-refractivity contribution < 1.29 is 9.90 Å². The van der Waals surface area contributed by atoms with Gasteiger partial charge in [-0.1, -0.05) is 0 Å². The summed E-state index contributed by atoms with van der Waals surface area (Å²) in [7, 11) is 0. The maximum absolute atomic E-state index is 11.4. The van der Waals surface area contributed by atoms with Crippen molar-refractivity contribution in [2.45, 2.75) is 19.3 Å². The van der Waals surface area contributed by atoms with E-state index in [1.807, 2.05) is 13.1 Å². The Morgan fingerprint density at radius 2 is 2.32 bits per heavy atom. The third-order valence-corrected chi connectivity index (χ3v) is 3.85. The molecule has 6 heteroatoms. The van der Waals surface area contributed by atoms with E-state index in [1.165, 1.54) is 6.33 Å². The lowest BCUT2D eigenvalue weighted by Crippen LogP contribution is -2.39. The first kappa shape index (κ1) is 12.1. The Bertz CT molecular complexity index is 622. The van der Waals surface area contributed by atoms with Gasteiger partial charge in [-0.3, -0.25) is 4.79 Å². The molecular formula is C13H16N4O2. The van der Waals surface area contributed by atoms with E-state index in [-0.39, 0.29) is 11.8 Å². The van der Waals surface area contributed by atoms with Crippen LogP contribution in [-0.4, -0.2) is 39.1 Å². The molecule has 0 amide bonds. The van der Waals surface area contributed by atoms with Crippen LogP contribution in [0.4, 0.5) is 0 Å². The molecule has 19 heavy (non-hydrogen) atoms. The summed E-state index contributed by atoms with van der Waals surface area (Å²) in [6, 6.07) is 0. The van der Waals surface area contributed by atoms with Crippen molar-refractivity contribution >= 4 is 17.0 Å². The summed E-state index contributed by atoms with van der Waals surface area (Å²) >= 11 is 0. The molecule has 3 N–H and O–H groups in total. The molecule has 0 bridgehead atoms. The fourth-order valence-corrected chi connectivity index (χ4v) is 2.87. The Morgan fingerprint density at radius 3 is 3.11 bits per heavy atom. The summed E-state index contributed by atoms with van der Waals surface area (Å²) in [5.41, 5.74) is 2.67. The minimum Gasteiger partial charge on any atom is -0.481 e. The number of aryl methyl sites for hydroxylation is 1. The van der Waals surface area contributed by atoms with E-state index >= 15 is 0 Å². The maximum atomic E-state index is 11.4. The molecule has 6 nitrogen and oxygen atoms in total. The van der Waals surface area contributed by atoms with Gasteiger partial charge in [0, 0.05) is 24.0 Å². The number of carbonyl (C=O) groups is 1. The molecule has 0 spiro atoms. The van der Waals surface area contributed by atoms with Gasteiger partial charge in [0.25, 0.3) is 0 Å². The largest absolute Gasteiger partial charge is 0.481 e. The molecule has 2 atom stereocenters. The summed E-state index contributed by atoms with van der Waals surface area (Å²) in [6.07, 6.45) is 4.02.